The number of hydrogen-bond donors (Lipinski definition) is 1. The van der Waals surface area contributed by atoms with E-state index in [1.807, 2.05) is 55.1 Å². The van der Waals surface area contributed by atoms with Crippen molar-refractivity contribution in [2.45, 2.75) is 19.6 Å². The predicted octanol–water partition coefficient (Wildman–Crippen LogP) is 3.22. The van der Waals surface area contributed by atoms with Gasteiger partial charge < -0.3 is 19.3 Å². The van der Waals surface area contributed by atoms with Crippen LogP contribution in [-0.4, -0.2) is 52.3 Å². The molecule has 1 unspecified atom stereocenters. The number of aryl methyl sites for hydroxylation is 1. The topological polar surface area (TPSA) is 53.8 Å². The SMILES string of the molecule is CCOc1ccc(CN2CCN(c3ccccc3C(O)c3nccn3C)CC2)cc1. The molecule has 158 valence electrons. The predicted molar refractivity (Wildman–Crippen MR) is 119 cm³/mol. The molecule has 0 saturated carbocycles. The second-order valence-electron chi connectivity index (χ2n) is 7.70. The monoisotopic (exact) mass is 406 g/mol. The number of anilines is 1. The van der Waals surface area contributed by atoms with E-state index in [0.29, 0.717) is 12.4 Å². The Morgan fingerprint density at radius 1 is 1.03 bits per heavy atom. The minimum atomic E-state index is -0.733. The quantitative estimate of drug-likeness (QED) is 0.653. The fraction of sp³-hybridized carbons (Fsp3) is 0.375. The summed E-state index contributed by atoms with van der Waals surface area (Å²) in [5.41, 5.74) is 3.30. The van der Waals surface area contributed by atoms with Gasteiger partial charge in [0.1, 0.15) is 17.7 Å². The van der Waals surface area contributed by atoms with E-state index in [4.69, 9.17) is 4.74 Å². The minimum Gasteiger partial charge on any atom is -0.494 e. The maximum Gasteiger partial charge on any atom is 0.142 e. The van der Waals surface area contributed by atoms with Crippen molar-refractivity contribution in [3.05, 3.63) is 77.9 Å². The van der Waals surface area contributed by atoms with Gasteiger partial charge in [-0.05, 0) is 30.7 Å². The van der Waals surface area contributed by atoms with Crippen LogP contribution in [0.2, 0.25) is 0 Å². The van der Waals surface area contributed by atoms with Crippen molar-refractivity contribution in [1.29, 1.82) is 0 Å². The lowest BCUT2D eigenvalue weighted by Gasteiger charge is -2.37. The first kappa shape index (κ1) is 20.4. The molecule has 2 heterocycles. The molecule has 1 atom stereocenters. The Bertz CT molecular complexity index is 946. The van der Waals surface area contributed by atoms with E-state index >= 15 is 0 Å². The first-order valence-electron chi connectivity index (χ1n) is 10.6. The van der Waals surface area contributed by atoms with Crippen molar-refractivity contribution in [3.8, 4) is 5.75 Å². The summed E-state index contributed by atoms with van der Waals surface area (Å²) in [6, 6.07) is 16.5. The summed E-state index contributed by atoms with van der Waals surface area (Å²) in [4.78, 5) is 9.18. The fourth-order valence-corrected chi connectivity index (χ4v) is 4.05. The molecule has 6 heteroatoms. The first-order chi connectivity index (χ1) is 14.7. The molecule has 1 aliphatic rings. The van der Waals surface area contributed by atoms with Gasteiger partial charge in [-0.3, -0.25) is 4.90 Å². The van der Waals surface area contributed by atoms with Crippen LogP contribution in [0.25, 0.3) is 0 Å². The average Bonchev–Trinajstić information content (AvgIpc) is 3.21. The third-order valence-corrected chi connectivity index (χ3v) is 5.69. The number of aromatic nitrogens is 2. The summed E-state index contributed by atoms with van der Waals surface area (Å²) in [5, 5.41) is 10.9. The lowest BCUT2D eigenvalue weighted by atomic mass is 10.0. The summed E-state index contributed by atoms with van der Waals surface area (Å²) >= 11 is 0. The van der Waals surface area contributed by atoms with Gasteiger partial charge in [-0.2, -0.15) is 0 Å². The summed E-state index contributed by atoms with van der Waals surface area (Å²) in [6.45, 7) is 7.47. The summed E-state index contributed by atoms with van der Waals surface area (Å²) in [5.74, 6) is 1.59. The molecule has 30 heavy (non-hydrogen) atoms. The van der Waals surface area contributed by atoms with Gasteiger partial charge in [0, 0.05) is 63.4 Å². The second kappa shape index (κ2) is 9.32. The van der Waals surface area contributed by atoms with Crippen LogP contribution in [0.4, 0.5) is 5.69 Å². The van der Waals surface area contributed by atoms with Crippen molar-refractivity contribution in [2.75, 3.05) is 37.7 Å². The van der Waals surface area contributed by atoms with Crippen LogP contribution >= 0.6 is 0 Å². The van der Waals surface area contributed by atoms with Crippen molar-refractivity contribution >= 4 is 5.69 Å². The van der Waals surface area contributed by atoms with Gasteiger partial charge in [-0.1, -0.05) is 30.3 Å². The van der Waals surface area contributed by atoms with Crippen LogP contribution in [0.15, 0.2) is 60.9 Å². The van der Waals surface area contributed by atoms with Gasteiger partial charge in [0.15, 0.2) is 0 Å². The number of imidazole rings is 1. The number of nitrogens with zero attached hydrogens (tertiary/aromatic N) is 4. The Morgan fingerprint density at radius 2 is 1.77 bits per heavy atom. The highest BCUT2D eigenvalue weighted by atomic mass is 16.5. The fourth-order valence-electron chi connectivity index (χ4n) is 4.05. The van der Waals surface area contributed by atoms with E-state index in [1.54, 1.807) is 6.20 Å². The smallest absolute Gasteiger partial charge is 0.142 e. The number of hydrogen-bond acceptors (Lipinski definition) is 5. The normalized spacial score (nSPS) is 15.9. The zero-order valence-electron chi connectivity index (χ0n) is 17.7. The third-order valence-electron chi connectivity index (χ3n) is 5.69. The van der Waals surface area contributed by atoms with Gasteiger partial charge in [0.05, 0.1) is 6.61 Å². The van der Waals surface area contributed by atoms with Gasteiger partial charge in [-0.15, -0.1) is 0 Å². The van der Waals surface area contributed by atoms with Crippen LogP contribution < -0.4 is 9.64 Å². The van der Waals surface area contributed by atoms with Crippen LogP contribution in [-0.2, 0) is 13.6 Å². The number of para-hydroxylation sites is 1. The summed E-state index contributed by atoms with van der Waals surface area (Å²) in [6.07, 6.45) is 2.85. The zero-order valence-corrected chi connectivity index (χ0v) is 17.7. The molecule has 4 rings (SSSR count). The van der Waals surface area contributed by atoms with E-state index < -0.39 is 6.10 Å². The molecule has 1 aliphatic heterocycles. The standard InChI is InChI=1S/C24H30N4O2/c1-3-30-20-10-8-19(9-11-20)18-27-14-16-28(17-15-27)22-7-5-4-6-21(22)23(29)24-25-12-13-26(24)2/h4-13,23,29H,3,14-18H2,1-2H3. The van der Waals surface area contributed by atoms with Crippen molar-refractivity contribution < 1.29 is 9.84 Å². The molecule has 1 fully saturated rings. The number of aliphatic hydroxyl groups excluding tert-OH is 1. The summed E-state index contributed by atoms with van der Waals surface area (Å²) in [7, 11) is 1.91. The highest BCUT2D eigenvalue weighted by molar-refractivity contribution is 5.56. The van der Waals surface area contributed by atoms with Crippen molar-refractivity contribution in [1.82, 2.24) is 14.5 Å². The highest BCUT2D eigenvalue weighted by Crippen LogP contribution is 2.30. The number of piperazine rings is 1. The van der Waals surface area contributed by atoms with Crippen molar-refractivity contribution in [2.24, 2.45) is 7.05 Å². The molecule has 0 radical (unpaired) electrons. The molecule has 1 saturated heterocycles. The Balaban J connectivity index is 1.40. The molecule has 0 bridgehead atoms. The van der Waals surface area contributed by atoms with Gasteiger partial charge in [0.2, 0.25) is 0 Å². The van der Waals surface area contributed by atoms with Gasteiger partial charge >= 0.3 is 0 Å². The largest absolute Gasteiger partial charge is 0.494 e. The maximum absolute atomic E-state index is 10.9. The number of rotatable bonds is 7. The van der Waals surface area contributed by atoms with Crippen LogP contribution in [0.3, 0.4) is 0 Å². The highest BCUT2D eigenvalue weighted by Gasteiger charge is 2.24. The number of ether oxygens (including phenoxy) is 1. The molecule has 6 nitrogen and oxygen atoms in total. The lowest BCUT2D eigenvalue weighted by Crippen LogP contribution is -2.46. The van der Waals surface area contributed by atoms with Gasteiger partial charge in [0.25, 0.3) is 0 Å². The molecule has 0 spiro atoms. The Hall–Kier alpha value is -2.83. The van der Waals surface area contributed by atoms with E-state index in [9.17, 15) is 5.11 Å². The molecule has 2 aromatic carbocycles. The maximum atomic E-state index is 10.9. The molecule has 1 N–H and O–H groups in total. The molecular formula is C24H30N4O2. The van der Waals surface area contributed by atoms with E-state index in [-0.39, 0.29) is 0 Å². The van der Waals surface area contributed by atoms with Crippen LogP contribution in [0, 0.1) is 0 Å². The third kappa shape index (κ3) is 4.50. The molecule has 0 amide bonds. The Kier molecular flexibility index (Phi) is 6.35. The van der Waals surface area contributed by atoms with Crippen LogP contribution in [0.5, 0.6) is 5.75 Å². The molecule has 0 aliphatic carbocycles. The lowest BCUT2D eigenvalue weighted by molar-refractivity contribution is 0.205. The Labute approximate surface area is 178 Å². The zero-order chi connectivity index (χ0) is 20.9. The van der Waals surface area contributed by atoms with E-state index in [2.05, 4.69) is 33.0 Å². The molecule has 3 aromatic rings. The van der Waals surface area contributed by atoms with Crippen LogP contribution in [0.1, 0.15) is 30.0 Å². The Morgan fingerprint density at radius 3 is 2.43 bits per heavy atom. The first-order valence-corrected chi connectivity index (χ1v) is 10.6. The second-order valence-corrected chi connectivity index (χ2v) is 7.70. The van der Waals surface area contributed by atoms with Gasteiger partial charge in [-0.25, -0.2) is 4.98 Å². The van der Waals surface area contributed by atoms with E-state index in [0.717, 1.165) is 49.7 Å². The molecule has 1 aromatic heterocycles. The number of benzene rings is 2. The summed E-state index contributed by atoms with van der Waals surface area (Å²) < 4.78 is 7.40. The van der Waals surface area contributed by atoms with Crippen molar-refractivity contribution in [3.63, 3.8) is 0 Å². The van der Waals surface area contributed by atoms with E-state index in [1.165, 1.54) is 5.56 Å². The minimum absolute atomic E-state index is 0.664. The number of aliphatic hydroxyl groups is 1. The molecular weight excluding hydrogens is 376 g/mol. The average molecular weight is 407 g/mol.